The number of halogens is 2. The van der Waals surface area contributed by atoms with Gasteiger partial charge in [0, 0.05) is 41.6 Å². The van der Waals surface area contributed by atoms with Gasteiger partial charge in [0.2, 0.25) is 15.9 Å². The van der Waals surface area contributed by atoms with E-state index in [0.717, 1.165) is 42.4 Å². The SMILES string of the molecule is Cc1cc(S(=O)(=O)N2CCCCC2CCC(=O)N2CCc3sccc3C2c2ccc(Cl)nc2)c(C)cc1Cl. The van der Waals surface area contributed by atoms with Gasteiger partial charge in [-0.1, -0.05) is 35.7 Å². The van der Waals surface area contributed by atoms with Crippen molar-refractivity contribution >= 4 is 50.5 Å². The summed E-state index contributed by atoms with van der Waals surface area (Å²) in [5, 5.41) is 3.04. The van der Waals surface area contributed by atoms with Gasteiger partial charge in [-0.3, -0.25) is 4.79 Å². The minimum absolute atomic E-state index is 0.0308. The molecule has 0 N–H and O–H groups in total. The van der Waals surface area contributed by atoms with Crippen LogP contribution in [0, 0.1) is 13.8 Å². The number of carbonyl (C=O) groups is 1. The summed E-state index contributed by atoms with van der Waals surface area (Å²) in [7, 11) is -3.71. The van der Waals surface area contributed by atoms with Gasteiger partial charge < -0.3 is 4.90 Å². The molecule has 1 saturated heterocycles. The van der Waals surface area contributed by atoms with Gasteiger partial charge in [0.25, 0.3) is 0 Å². The largest absolute Gasteiger partial charge is 0.331 e. The lowest BCUT2D eigenvalue weighted by atomic mass is 9.93. The highest BCUT2D eigenvalue weighted by atomic mass is 35.5. The number of pyridine rings is 1. The Balaban J connectivity index is 1.36. The highest BCUT2D eigenvalue weighted by Gasteiger charge is 2.37. The van der Waals surface area contributed by atoms with E-state index in [-0.39, 0.29) is 24.4 Å². The van der Waals surface area contributed by atoms with Crippen molar-refractivity contribution in [3.05, 3.63) is 79.2 Å². The maximum absolute atomic E-state index is 13.8. The number of hydrogen-bond donors (Lipinski definition) is 0. The highest BCUT2D eigenvalue weighted by molar-refractivity contribution is 7.89. The molecule has 1 fully saturated rings. The average Bonchev–Trinajstić information content (AvgIpc) is 3.38. The van der Waals surface area contributed by atoms with Gasteiger partial charge in [0.1, 0.15) is 5.15 Å². The van der Waals surface area contributed by atoms with Crippen LogP contribution in [0.3, 0.4) is 0 Å². The minimum Gasteiger partial charge on any atom is -0.331 e. The Kier molecular flexibility index (Phi) is 8.17. The Labute approximate surface area is 238 Å². The van der Waals surface area contributed by atoms with Gasteiger partial charge in [-0.15, -0.1) is 11.3 Å². The summed E-state index contributed by atoms with van der Waals surface area (Å²) < 4.78 is 29.2. The molecule has 1 aromatic carbocycles. The molecule has 10 heteroatoms. The molecule has 1 amide bonds. The molecule has 2 aromatic heterocycles. The number of nitrogens with zero attached hydrogens (tertiary/aromatic N) is 3. The summed E-state index contributed by atoms with van der Waals surface area (Å²) in [6, 6.07) is 8.72. The lowest BCUT2D eigenvalue weighted by Crippen LogP contribution is -2.45. The second kappa shape index (κ2) is 11.3. The third-order valence-corrected chi connectivity index (χ3v) is 11.4. The number of thiophene rings is 1. The van der Waals surface area contributed by atoms with E-state index in [4.69, 9.17) is 23.2 Å². The van der Waals surface area contributed by atoms with E-state index in [1.165, 1.54) is 4.88 Å². The first-order valence-electron chi connectivity index (χ1n) is 12.9. The highest BCUT2D eigenvalue weighted by Crippen LogP contribution is 2.39. The van der Waals surface area contributed by atoms with E-state index in [1.807, 2.05) is 17.9 Å². The second-order valence-corrected chi connectivity index (χ2v) is 13.8. The van der Waals surface area contributed by atoms with E-state index in [1.54, 1.807) is 47.0 Å². The van der Waals surface area contributed by atoms with Gasteiger partial charge in [0.05, 0.1) is 10.9 Å². The second-order valence-electron chi connectivity index (χ2n) is 10.1. The lowest BCUT2D eigenvalue weighted by Gasteiger charge is -2.38. The number of carbonyl (C=O) groups excluding carboxylic acids is 1. The first kappa shape index (κ1) is 27.6. The number of sulfonamides is 1. The first-order valence-corrected chi connectivity index (χ1v) is 16.0. The summed E-state index contributed by atoms with van der Waals surface area (Å²) in [6.07, 6.45) is 5.84. The predicted molar refractivity (Wildman–Crippen MR) is 153 cm³/mol. The Morgan fingerprint density at radius 3 is 2.68 bits per heavy atom. The van der Waals surface area contributed by atoms with E-state index in [9.17, 15) is 13.2 Å². The smallest absolute Gasteiger partial charge is 0.243 e. The van der Waals surface area contributed by atoms with Crippen LogP contribution in [-0.4, -0.2) is 47.6 Å². The molecule has 2 aliphatic heterocycles. The number of benzene rings is 1. The third kappa shape index (κ3) is 5.39. The van der Waals surface area contributed by atoms with Crippen LogP contribution in [0.15, 0.2) is 46.8 Å². The van der Waals surface area contributed by atoms with Crippen LogP contribution in [0.2, 0.25) is 10.2 Å². The zero-order valence-corrected chi connectivity index (χ0v) is 24.6. The molecule has 0 aliphatic carbocycles. The van der Waals surface area contributed by atoms with Crippen molar-refractivity contribution in [3.8, 4) is 0 Å². The summed E-state index contributed by atoms with van der Waals surface area (Å²) >= 11 is 14.0. The topological polar surface area (TPSA) is 70.6 Å². The molecule has 4 heterocycles. The van der Waals surface area contributed by atoms with Crippen LogP contribution < -0.4 is 0 Å². The number of aryl methyl sites for hydroxylation is 2. The summed E-state index contributed by atoms with van der Waals surface area (Å²) in [4.78, 5) is 21.5. The molecule has 0 saturated carbocycles. The maximum Gasteiger partial charge on any atom is 0.243 e. The number of fused-ring (bicyclic) bond motifs is 1. The number of amides is 1. The van der Waals surface area contributed by atoms with Gasteiger partial charge >= 0.3 is 0 Å². The molecule has 2 unspecified atom stereocenters. The molecular formula is C28H31Cl2N3O3S2. The van der Waals surface area contributed by atoms with Crippen LogP contribution in [-0.2, 0) is 21.2 Å². The monoisotopic (exact) mass is 591 g/mol. The van der Waals surface area contributed by atoms with Crippen molar-refractivity contribution in [2.24, 2.45) is 0 Å². The van der Waals surface area contributed by atoms with E-state index >= 15 is 0 Å². The van der Waals surface area contributed by atoms with Crippen molar-refractivity contribution < 1.29 is 13.2 Å². The van der Waals surface area contributed by atoms with Crippen molar-refractivity contribution in [1.29, 1.82) is 0 Å². The van der Waals surface area contributed by atoms with Crippen molar-refractivity contribution in [2.45, 2.75) is 69.4 Å². The lowest BCUT2D eigenvalue weighted by molar-refractivity contribution is -0.133. The standard InChI is InChI=1S/C28H31Cl2N3O3S2/c1-18-16-25(19(2)15-23(18)29)38(35,36)33-12-4-3-5-21(33)7-9-27(34)32-13-10-24-22(11-14-37-24)28(32)20-6-8-26(30)31-17-20/h6,8,11,14-17,21,28H,3-5,7,9-10,12-13H2,1-2H3. The third-order valence-electron chi connectivity index (χ3n) is 7.66. The van der Waals surface area contributed by atoms with E-state index in [0.29, 0.717) is 40.1 Å². The molecule has 2 aliphatic rings. The predicted octanol–water partition coefficient (Wildman–Crippen LogP) is 6.56. The van der Waals surface area contributed by atoms with Crippen LogP contribution in [0.4, 0.5) is 0 Å². The van der Waals surface area contributed by atoms with Crippen LogP contribution >= 0.6 is 34.5 Å². The molecule has 2 atom stereocenters. The molecule has 38 heavy (non-hydrogen) atoms. The summed E-state index contributed by atoms with van der Waals surface area (Å²) in [5.41, 5.74) is 3.44. The van der Waals surface area contributed by atoms with Crippen molar-refractivity contribution in [3.63, 3.8) is 0 Å². The normalized spacial score (nSPS) is 20.4. The van der Waals surface area contributed by atoms with Crippen molar-refractivity contribution in [1.82, 2.24) is 14.2 Å². The fourth-order valence-corrected chi connectivity index (χ4v) is 8.92. The summed E-state index contributed by atoms with van der Waals surface area (Å²) in [5.74, 6) is 0.0308. The Morgan fingerprint density at radius 2 is 1.92 bits per heavy atom. The fraction of sp³-hybridized carbons (Fsp3) is 0.429. The fourth-order valence-electron chi connectivity index (χ4n) is 5.66. The Bertz CT molecular complexity index is 1440. The molecular weight excluding hydrogens is 561 g/mol. The van der Waals surface area contributed by atoms with Gasteiger partial charge in [-0.25, -0.2) is 13.4 Å². The van der Waals surface area contributed by atoms with Crippen LogP contribution in [0.1, 0.15) is 65.3 Å². The van der Waals surface area contributed by atoms with Crippen molar-refractivity contribution in [2.75, 3.05) is 13.1 Å². The molecule has 0 radical (unpaired) electrons. The summed E-state index contributed by atoms with van der Waals surface area (Å²) in [6.45, 7) is 4.68. The quantitative estimate of drug-likeness (QED) is 0.304. The number of aromatic nitrogens is 1. The number of hydrogen-bond acceptors (Lipinski definition) is 5. The van der Waals surface area contributed by atoms with Gasteiger partial charge in [0.15, 0.2) is 0 Å². The average molecular weight is 593 g/mol. The zero-order valence-electron chi connectivity index (χ0n) is 21.5. The van der Waals surface area contributed by atoms with Gasteiger partial charge in [-0.05, 0) is 91.4 Å². The molecule has 202 valence electrons. The molecule has 6 nitrogen and oxygen atoms in total. The Morgan fingerprint density at radius 1 is 1.11 bits per heavy atom. The molecule has 0 bridgehead atoms. The maximum atomic E-state index is 13.8. The first-order chi connectivity index (χ1) is 18.2. The molecule has 0 spiro atoms. The van der Waals surface area contributed by atoms with E-state index in [2.05, 4.69) is 16.4 Å². The van der Waals surface area contributed by atoms with Gasteiger partial charge in [-0.2, -0.15) is 4.31 Å². The minimum atomic E-state index is -3.71. The number of rotatable bonds is 6. The van der Waals surface area contributed by atoms with Crippen LogP contribution in [0.5, 0.6) is 0 Å². The zero-order chi connectivity index (χ0) is 27.0. The molecule has 5 rings (SSSR count). The number of piperidine rings is 1. The van der Waals surface area contributed by atoms with Crippen LogP contribution in [0.25, 0.3) is 0 Å². The Hall–Kier alpha value is -1.97. The van der Waals surface area contributed by atoms with E-state index < -0.39 is 10.0 Å². The molecule has 3 aromatic rings.